The van der Waals surface area contributed by atoms with Gasteiger partial charge in [0.05, 0.1) is 17.5 Å². The van der Waals surface area contributed by atoms with Crippen LogP contribution in [0.5, 0.6) is 0 Å². The van der Waals surface area contributed by atoms with E-state index in [0.29, 0.717) is 37.8 Å². The van der Waals surface area contributed by atoms with Gasteiger partial charge < -0.3 is 4.98 Å². The lowest BCUT2D eigenvalue weighted by Crippen LogP contribution is -2.40. The van der Waals surface area contributed by atoms with Crippen molar-refractivity contribution in [2.24, 2.45) is 0 Å². The average molecular weight is 431 g/mol. The zero-order chi connectivity index (χ0) is 21.5. The lowest BCUT2D eigenvalue weighted by molar-refractivity contribution is 0.198. The normalized spacial score (nSPS) is 20.6. The predicted octanol–water partition coefficient (Wildman–Crippen LogP) is 2.51. The molecule has 2 aliphatic heterocycles. The number of hydrogen-bond acceptors (Lipinski definition) is 5. The fourth-order valence-electron chi connectivity index (χ4n) is 4.52. The molecule has 0 amide bonds. The summed E-state index contributed by atoms with van der Waals surface area (Å²) in [6, 6.07) is 7.55. The molecule has 7 nitrogen and oxygen atoms in total. The van der Waals surface area contributed by atoms with Crippen molar-refractivity contribution >= 4 is 10.0 Å². The van der Waals surface area contributed by atoms with Gasteiger partial charge in [-0.1, -0.05) is 29.8 Å². The zero-order valence-electron chi connectivity index (χ0n) is 17.9. The summed E-state index contributed by atoms with van der Waals surface area (Å²) in [6.07, 6.45) is 2.11. The van der Waals surface area contributed by atoms with Crippen LogP contribution in [0.15, 0.2) is 29.1 Å². The molecule has 2 aromatic rings. The molecule has 0 saturated carbocycles. The van der Waals surface area contributed by atoms with Gasteiger partial charge in [0, 0.05) is 31.2 Å². The number of hydrogen-bond donors (Lipinski definition) is 1. The minimum atomic E-state index is -3.52. The van der Waals surface area contributed by atoms with Crippen LogP contribution in [0.2, 0.25) is 0 Å². The molecule has 1 fully saturated rings. The standard InChI is InChI=1S/C22H30N4O3S/c1-15(2)25-11-9-18-19(13-25)23-21(24-22(18)27)20-8-5-10-26(20)30(28,29)14-17-7-4-6-16(3)12-17/h4,6-7,12,15,20H,5,8-11,13-14H2,1-3H3,(H,23,24,27)/t20-/m0/s1. The van der Waals surface area contributed by atoms with Crippen LogP contribution in [-0.2, 0) is 28.7 Å². The van der Waals surface area contributed by atoms with Crippen molar-refractivity contribution in [1.29, 1.82) is 0 Å². The van der Waals surface area contributed by atoms with Gasteiger partial charge >= 0.3 is 0 Å². The third kappa shape index (κ3) is 4.22. The molecule has 1 N–H and O–H groups in total. The first kappa shape index (κ1) is 21.2. The molecule has 0 spiro atoms. The maximum atomic E-state index is 13.2. The number of aromatic amines is 1. The molecule has 0 bridgehead atoms. The van der Waals surface area contributed by atoms with Crippen LogP contribution in [0.25, 0.3) is 0 Å². The van der Waals surface area contributed by atoms with E-state index in [1.807, 2.05) is 31.2 Å². The van der Waals surface area contributed by atoms with Crippen molar-refractivity contribution in [1.82, 2.24) is 19.2 Å². The van der Waals surface area contributed by atoms with Gasteiger partial charge in [-0.25, -0.2) is 13.4 Å². The third-order valence-electron chi connectivity index (χ3n) is 6.16. The minimum absolute atomic E-state index is 0.0402. The van der Waals surface area contributed by atoms with E-state index in [-0.39, 0.29) is 11.3 Å². The summed E-state index contributed by atoms with van der Waals surface area (Å²) < 4.78 is 28.0. The van der Waals surface area contributed by atoms with Crippen LogP contribution in [0.4, 0.5) is 0 Å². The summed E-state index contributed by atoms with van der Waals surface area (Å²) in [5.74, 6) is 0.441. The van der Waals surface area contributed by atoms with Crippen LogP contribution < -0.4 is 5.56 Å². The smallest absolute Gasteiger partial charge is 0.254 e. The van der Waals surface area contributed by atoms with E-state index in [1.165, 1.54) is 4.31 Å². The zero-order valence-corrected chi connectivity index (χ0v) is 18.7. The summed E-state index contributed by atoms with van der Waals surface area (Å²) >= 11 is 0. The van der Waals surface area contributed by atoms with Crippen LogP contribution >= 0.6 is 0 Å². The van der Waals surface area contributed by atoms with Crippen LogP contribution in [0.1, 0.15) is 60.9 Å². The fourth-order valence-corrected chi connectivity index (χ4v) is 6.29. The number of nitrogens with one attached hydrogen (secondary N) is 1. The highest BCUT2D eigenvalue weighted by molar-refractivity contribution is 7.88. The van der Waals surface area contributed by atoms with Gasteiger partial charge in [0.25, 0.3) is 5.56 Å². The Bertz CT molecular complexity index is 1090. The fraction of sp³-hybridized carbons (Fsp3) is 0.545. The molecule has 162 valence electrons. The molecule has 30 heavy (non-hydrogen) atoms. The van der Waals surface area contributed by atoms with Crippen molar-refractivity contribution in [2.45, 2.75) is 64.4 Å². The molecule has 1 saturated heterocycles. The quantitative estimate of drug-likeness (QED) is 0.788. The van der Waals surface area contributed by atoms with E-state index < -0.39 is 16.1 Å². The summed E-state index contributed by atoms with van der Waals surface area (Å²) in [5.41, 5.74) is 3.22. The first-order valence-electron chi connectivity index (χ1n) is 10.7. The summed E-state index contributed by atoms with van der Waals surface area (Å²) in [6.45, 7) is 8.15. The second-order valence-electron chi connectivity index (χ2n) is 8.70. The highest BCUT2D eigenvalue weighted by Crippen LogP contribution is 2.34. The van der Waals surface area contributed by atoms with Crippen molar-refractivity contribution in [2.75, 3.05) is 13.1 Å². The largest absolute Gasteiger partial charge is 0.309 e. The summed E-state index contributed by atoms with van der Waals surface area (Å²) in [4.78, 5) is 22.7. The second-order valence-corrected chi connectivity index (χ2v) is 10.6. The van der Waals surface area contributed by atoms with E-state index in [9.17, 15) is 13.2 Å². The van der Waals surface area contributed by atoms with E-state index in [2.05, 4.69) is 23.7 Å². The Hall–Kier alpha value is -2.03. The molecule has 2 aliphatic rings. The van der Waals surface area contributed by atoms with E-state index in [4.69, 9.17) is 4.98 Å². The number of aryl methyl sites for hydroxylation is 1. The number of rotatable bonds is 5. The van der Waals surface area contributed by atoms with Crippen LogP contribution in [-0.4, -0.2) is 46.7 Å². The Morgan fingerprint density at radius 3 is 2.80 bits per heavy atom. The van der Waals surface area contributed by atoms with Crippen molar-refractivity contribution in [3.8, 4) is 0 Å². The van der Waals surface area contributed by atoms with E-state index in [1.54, 1.807) is 0 Å². The predicted molar refractivity (Wildman–Crippen MR) is 117 cm³/mol. The number of benzene rings is 1. The van der Waals surface area contributed by atoms with Crippen molar-refractivity contribution in [3.05, 3.63) is 62.8 Å². The molecule has 8 heteroatoms. The summed E-state index contributed by atoms with van der Waals surface area (Å²) in [7, 11) is -3.52. The highest BCUT2D eigenvalue weighted by Gasteiger charge is 2.37. The molecular weight excluding hydrogens is 400 g/mol. The Balaban J connectivity index is 1.63. The number of nitrogens with zero attached hydrogens (tertiary/aromatic N) is 3. The average Bonchev–Trinajstić information content (AvgIpc) is 3.18. The Morgan fingerprint density at radius 2 is 2.07 bits per heavy atom. The van der Waals surface area contributed by atoms with Gasteiger partial charge in [0.1, 0.15) is 5.82 Å². The van der Waals surface area contributed by atoms with Gasteiger partial charge in [-0.05, 0) is 45.6 Å². The third-order valence-corrected chi connectivity index (χ3v) is 8.01. The lowest BCUT2D eigenvalue weighted by Gasteiger charge is -2.31. The lowest BCUT2D eigenvalue weighted by atomic mass is 10.0. The number of fused-ring (bicyclic) bond motifs is 1. The van der Waals surface area contributed by atoms with Crippen molar-refractivity contribution < 1.29 is 8.42 Å². The maximum Gasteiger partial charge on any atom is 0.254 e. The second kappa shape index (κ2) is 8.24. The molecule has 0 aliphatic carbocycles. The number of H-pyrrole nitrogens is 1. The molecular formula is C22H30N4O3S. The van der Waals surface area contributed by atoms with Crippen LogP contribution in [0, 0.1) is 6.92 Å². The minimum Gasteiger partial charge on any atom is -0.309 e. The Kier molecular flexibility index (Phi) is 5.83. The molecule has 1 aromatic heterocycles. The number of aromatic nitrogens is 2. The van der Waals surface area contributed by atoms with Crippen molar-refractivity contribution in [3.63, 3.8) is 0 Å². The van der Waals surface area contributed by atoms with Gasteiger partial charge in [-0.3, -0.25) is 9.69 Å². The Labute approximate surface area is 178 Å². The SMILES string of the molecule is Cc1cccc(CS(=O)(=O)N2CCC[C@H]2c2nc3c(c(=O)[nH]2)CCN(C(C)C)C3)c1. The maximum absolute atomic E-state index is 13.2. The molecule has 1 aromatic carbocycles. The number of sulfonamides is 1. The van der Waals surface area contributed by atoms with E-state index >= 15 is 0 Å². The van der Waals surface area contributed by atoms with Gasteiger partial charge in [0.2, 0.25) is 10.0 Å². The molecule has 4 rings (SSSR count). The Morgan fingerprint density at radius 1 is 1.27 bits per heavy atom. The highest BCUT2D eigenvalue weighted by atomic mass is 32.2. The summed E-state index contributed by atoms with van der Waals surface area (Å²) in [5, 5.41) is 0. The molecule has 0 unspecified atom stereocenters. The van der Waals surface area contributed by atoms with Gasteiger partial charge in [-0.15, -0.1) is 0 Å². The van der Waals surface area contributed by atoms with E-state index in [0.717, 1.165) is 35.3 Å². The first-order chi connectivity index (χ1) is 14.2. The van der Waals surface area contributed by atoms with Gasteiger partial charge in [-0.2, -0.15) is 4.31 Å². The molecule has 3 heterocycles. The van der Waals surface area contributed by atoms with Gasteiger partial charge in [0.15, 0.2) is 0 Å². The monoisotopic (exact) mass is 430 g/mol. The molecule has 0 radical (unpaired) electrons. The van der Waals surface area contributed by atoms with Crippen LogP contribution in [0.3, 0.4) is 0 Å². The first-order valence-corrected chi connectivity index (χ1v) is 12.3. The molecule has 1 atom stereocenters. The topological polar surface area (TPSA) is 86.4 Å².